The summed E-state index contributed by atoms with van der Waals surface area (Å²) in [5.41, 5.74) is 3.15. The monoisotopic (exact) mass is 288 g/mol. The Morgan fingerprint density at radius 2 is 1.85 bits per heavy atom. The van der Waals surface area contributed by atoms with Crippen LogP contribution in [0.4, 0.5) is 17.3 Å². The topological polar surface area (TPSA) is 49.8 Å². The molecular weight excluding hydrogens is 272 g/mol. The molecule has 0 unspecified atom stereocenters. The van der Waals surface area contributed by atoms with Crippen molar-refractivity contribution in [1.82, 2.24) is 9.97 Å². The summed E-state index contributed by atoms with van der Waals surface area (Å²) in [6, 6.07) is 6.52. The summed E-state index contributed by atoms with van der Waals surface area (Å²) < 4.78 is 0. The number of aromatic nitrogens is 2. The maximum Gasteiger partial charge on any atom is 0.135 e. The maximum absolute atomic E-state index is 6.30. The van der Waals surface area contributed by atoms with Gasteiger partial charge in [0.05, 0.1) is 10.7 Å². The van der Waals surface area contributed by atoms with E-state index in [1.807, 2.05) is 26.0 Å². The van der Waals surface area contributed by atoms with Crippen LogP contribution in [0.2, 0.25) is 5.02 Å². The van der Waals surface area contributed by atoms with Crippen LogP contribution in [0.5, 0.6) is 0 Å². The second-order valence-corrected chi connectivity index (χ2v) is 5.68. The lowest BCUT2D eigenvalue weighted by atomic mass is 10.1. The molecule has 0 amide bonds. The molecule has 1 fully saturated rings. The molecule has 0 atom stereocenters. The second kappa shape index (κ2) is 5.29. The molecule has 104 valence electrons. The highest BCUT2D eigenvalue weighted by molar-refractivity contribution is 6.33. The average molecular weight is 289 g/mol. The van der Waals surface area contributed by atoms with Crippen molar-refractivity contribution in [2.75, 3.05) is 10.6 Å². The lowest BCUT2D eigenvalue weighted by Crippen LogP contribution is -2.05. The second-order valence-electron chi connectivity index (χ2n) is 5.27. The summed E-state index contributed by atoms with van der Waals surface area (Å²) in [7, 11) is 0. The predicted molar refractivity (Wildman–Crippen MR) is 82.9 cm³/mol. The molecule has 0 radical (unpaired) electrons. The van der Waals surface area contributed by atoms with E-state index in [9.17, 15) is 0 Å². The summed E-state index contributed by atoms with van der Waals surface area (Å²) in [4.78, 5) is 8.47. The molecule has 0 saturated heterocycles. The molecule has 0 bridgehead atoms. The quantitative estimate of drug-likeness (QED) is 0.890. The molecular formula is C15H17ClN4. The first-order valence-electron chi connectivity index (χ1n) is 6.74. The van der Waals surface area contributed by atoms with Gasteiger partial charge < -0.3 is 10.6 Å². The van der Waals surface area contributed by atoms with E-state index in [0.29, 0.717) is 11.1 Å². The highest BCUT2D eigenvalue weighted by Crippen LogP contribution is 2.30. The largest absolute Gasteiger partial charge is 0.367 e. The number of nitrogens with one attached hydrogen (secondary N) is 2. The van der Waals surface area contributed by atoms with Crippen molar-refractivity contribution in [2.45, 2.75) is 32.7 Å². The standard InChI is InChI=1S/C15H17ClN4/c1-9-5-10(2)15(12(16)6-9)20-14-7-13(17-8-18-14)19-11-3-4-11/h5-8,11H,3-4H2,1-2H3,(H2,17,18,19,20). The zero-order valence-corrected chi connectivity index (χ0v) is 12.3. The summed E-state index contributed by atoms with van der Waals surface area (Å²) >= 11 is 6.30. The van der Waals surface area contributed by atoms with E-state index in [2.05, 4.69) is 26.7 Å². The molecule has 1 heterocycles. The van der Waals surface area contributed by atoms with Crippen LogP contribution in [0.15, 0.2) is 24.5 Å². The zero-order chi connectivity index (χ0) is 14.1. The van der Waals surface area contributed by atoms with Gasteiger partial charge in [-0.2, -0.15) is 0 Å². The summed E-state index contributed by atoms with van der Waals surface area (Å²) in [6.07, 6.45) is 4.00. The summed E-state index contributed by atoms with van der Waals surface area (Å²) in [5.74, 6) is 1.60. The van der Waals surface area contributed by atoms with Crippen molar-refractivity contribution in [2.24, 2.45) is 0 Å². The molecule has 4 nitrogen and oxygen atoms in total. The SMILES string of the molecule is Cc1cc(C)c(Nc2cc(NC3CC3)ncn2)c(Cl)c1. The van der Waals surface area contributed by atoms with Gasteiger partial charge in [-0.25, -0.2) is 9.97 Å². The molecule has 0 aliphatic heterocycles. The molecule has 1 aromatic heterocycles. The maximum atomic E-state index is 6.30. The lowest BCUT2D eigenvalue weighted by molar-refractivity contribution is 1.08. The molecule has 2 aromatic rings. The molecule has 1 aromatic carbocycles. The first-order chi connectivity index (χ1) is 9.61. The van der Waals surface area contributed by atoms with E-state index in [-0.39, 0.29) is 0 Å². The number of rotatable bonds is 4. The fraction of sp³-hybridized carbons (Fsp3) is 0.333. The van der Waals surface area contributed by atoms with E-state index in [0.717, 1.165) is 28.5 Å². The van der Waals surface area contributed by atoms with E-state index < -0.39 is 0 Å². The molecule has 20 heavy (non-hydrogen) atoms. The van der Waals surface area contributed by atoms with Gasteiger partial charge in [-0.3, -0.25) is 0 Å². The highest BCUT2D eigenvalue weighted by atomic mass is 35.5. The smallest absolute Gasteiger partial charge is 0.135 e. The van der Waals surface area contributed by atoms with Crippen molar-refractivity contribution in [3.8, 4) is 0 Å². The minimum atomic E-state index is 0.572. The summed E-state index contributed by atoms with van der Waals surface area (Å²) in [5, 5.41) is 7.34. The number of benzene rings is 1. The minimum absolute atomic E-state index is 0.572. The Hall–Kier alpha value is -1.81. The van der Waals surface area contributed by atoms with Crippen molar-refractivity contribution in [3.63, 3.8) is 0 Å². The number of halogens is 1. The third kappa shape index (κ3) is 3.02. The zero-order valence-electron chi connectivity index (χ0n) is 11.6. The van der Waals surface area contributed by atoms with Crippen molar-refractivity contribution < 1.29 is 0 Å². The van der Waals surface area contributed by atoms with Crippen LogP contribution in [-0.4, -0.2) is 16.0 Å². The number of aryl methyl sites for hydroxylation is 2. The van der Waals surface area contributed by atoms with Crippen LogP contribution in [0.3, 0.4) is 0 Å². The fourth-order valence-corrected chi connectivity index (χ4v) is 2.51. The van der Waals surface area contributed by atoms with Crippen molar-refractivity contribution in [3.05, 3.63) is 40.7 Å². The first-order valence-corrected chi connectivity index (χ1v) is 7.12. The van der Waals surface area contributed by atoms with E-state index in [1.54, 1.807) is 6.33 Å². The normalized spacial score (nSPS) is 14.2. The number of hydrogen-bond donors (Lipinski definition) is 2. The van der Waals surface area contributed by atoms with Gasteiger partial charge in [0.15, 0.2) is 0 Å². The fourth-order valence-electron chi connectivity index (χ4n) is 2.14. The van der Waals surface area contributed by atoms with Gasteiger partial charge in [0.1, 0.15) is 18.0 Å². The van der Waals surface area contributed by atoms with E-state index in [1.165, 1.54) is 12.8 Å². The molecule has 1 aliphatic carbocycles. The molecule has 0 spiro atoms. The van der Waals surface area contributed by atoms with Crippen LogP contribution in [0, 0.1) is 13.8 Å². The lowest BCUT2D eigenvalue weighted by Gasteiger charge is -2.12. The average Bonchev–Trinajstić information content (AvgIpc) is 3.18. The van der Waals surface area contributed by atoms with Crippen molar-refractivity contribution >= 4 is 28.9 Å². The van der Waals surface area contributed by atoms with Crippen molar-refractivity contribution in [1.29, 1.82) is 0 Å². The molecule has 2 N–H and O–H groups in total. The minimum Gasteiger partial charge on any atom is -0.367 e. The Morgan fingerprint density at radius 1 is 1.10 bits per heavy atom. The van der Waals surface area contributed by atoms with Gasteiger partial charge in [-0.05, 0) is 43.9 Å². The first kappa shape index (κ1) is 13.2. The van der Waals surface area contributed by atoms with Crippen LogP contribution in [0.25, 0.3) is 0 Å². The molecule has 1 saturated carbocycles. The number of hydrogen-bond acceptors (Lipinski definition) is 4. The van der Waals surface area contributed by atoms with Gasteiger partial charge in [0, 0.05) is 12.1 Å². The van der Waals surface area contributed by atoms with Gasteiger partial charge in [0.25, 0.3) is 0 Å². The Morgan fingerprint density at radius 3 is 2.55 bits per heavy atom. The van der Waals surface area contributed by atoms with E-state index >= 15 is 0 Å². The molecule has 1 aliphatic rings. The Bertz CT molecular complexity index is 615. The Balaban J connectivity index is 1.83. The molecule has 5 heteroatoms. The van der Waals surface area contributed by atoms with Crippen LogP contribution in [-0.2, 0) is 0 Å². The van der Waals surface area contributed by atoms with Gasteiger partial charge in [-0.1, -0.05) is 17.7 Å². The van der Waals surface area contributed by atoms with Crippen LogP contribution >= 0.6 is 11.6 Å². The van der Waals surface area contributed by atoms with Gasteiger partial charge in [-0.15, -0.1) is 0 Å². The van der Waals surface area contributed by atoms with E-state index in [4.69, 9.17) is 11.6 Å². The van der Waals surface area contributed by atoms with Gasteiger partial charge in [0.2, 0.25) is 0 Å². The number of nitrogens with zero attached hydrogens (tertiary/aromatic N) is 2. The Labute approximate surface area is 123 Å². The highest BCUT2D eigenvalue weighted by Gasteiger charge is 2.21. The third-order valence-corrected chi connectivity index (χ3v) is 3.58. The molecule has 3 rings (SSSR count). The van der Waals surface area contributed by atoms with Crippen LogP contribution in [0.1, 0.15) is 24.0 Å². The predicted octanol–water partition coefficient (Wildman–Crippen LogP) is 4.06. The van der Waals surface area contributed by atoms with Crippen LogP contribution < -0.4 is 10.6 Å². The number of anilines is 3. The third-order valence-electron chi connectivity index (χ3n) is 3.28. The van der Waals surface area contributed by atoms with Gasteiger partial charge >= 0.3 is 0 Å². The summed E-state index contributed by atoms with van der Waals surface area (Å²) in [6.45, 7) is 4.07. The Kier molecular flexibility index (Phi) is 3.49.